The fourth-order valence-electron chi connectivity index (χ4n) is 2.71. The lowest BCUT2D eigenvalue weighted by molar-refractivity contribution is -0.119. The van der Waals surface area contributed by atoms with Gasteiger partial charge in [0.25, 0.3) is 11.8 Å². The fraction of sp³-hybridized carbons (Fsp3) is 0.200. The predicted molar refractivity (Wildman–Crippen MR) is 110 cm³/mol. The van der Waals surface area contributed by atoms with Crippen molar-refractivity contribution in [2.45, 2.75) is 26.0 Å². The monoisotopic (exact) mass is 405 g/mol. The van der Waals surface area contributed by atoms with E-state index in [1.54, 1.807) is 12.1 Å². The van der Waals surface area contributed by atoms with Gasteiger partial charge in [0, 0.05) is 10.3 Å². The van der Waals surface area contributed by atoms with Gasteiger partial charge in [0.05, 0.1) is 21.2 Å². The van der Waals surface area contributed by atoms with E-state index in [2.05, 4.69) is 0 Å². The molecule has 1 aliphatic rings. The van der Waals surface area contributed by atoms with Crippen LogP contribution < -0.4 is 4.90 Å². The van der Waals surface area contributed by atoms with Crippen LogP contribution >= 0.6 is 35.0 Å². The Morgan fingerprint density at radius 1 is 0.962 bits per heavy atom. The third kappa shape index (κ3) is 3.54. The van der Waals surface area contributed by atoms with Gasteiger partial charge in [0.15, 0.2) is 0 Å². The number of anilines is 1. The Kier molecular flexibility index (Phi) is 5.47. The molecule has 1 aliphatic heterocycles. The van der Waals surface area contributed by atoms with Crippen LogP contribution in [0.25, 0.3) is 5.57 Å². The minimum Gasteiger partial charge on any atom is -0.268 e. The quantitative estimate of drug-likeness (QED) is 0.609. The number of hydrogen-bond donors (Lipinski definition) is 0. The van der Waals surface area contributed by atoms with E-state index < -0.39 is 0 Å². The fourth-order valence-corrected chi connectivity index (χ4v) is 4.06. The second-order valence-corrected chi connectivity index (χ2v) is 8.71. The summed E-state index contributed by atoms with van der Waals surface area (Å²) in [5, 5.41) is 0.860. The zero-order chi connectivity index (χ0) is 19.0. The molecular weight excluding hydrogens is 389 g/mol. The average molecular weight is 406 g/mol. The van der Waals surface area contributed by atoms with E-state index in [1.165, 1.54) is 17.8 Å². The lowest BCUT2D eigenvalue weighted by Gasteiger charge is -2.17. The molecule has 0 spiro atoms. The Balaban J connectivity index is 2.14. The average Bonchev–Trinajstić information content (AvgIpc) is 2.81. The molecule has 0 saturated carbocycles. The second-order valence-electron chi connectivity index (χ2n) is 6.28. The van der Waals surface area contributed by atoms with Crippen LogP contribution in [-0.4, -0.2) is 17.1 Å². The summed E-state index contributed by atoms with van der Waals surface area (Å²) in [7, 11) is 0. The molecule has 2 aromatic carbocycles. The molecule has 0 bridgehead atoms. The number of halogens is 2. The SMILES string of the molecule is Cc1ccc(C2=C(SC(C)C)C(=O)N(c3cc(Cl)ccc3Cl)C2=O)cc1. The van der Waals surface area contributed by atoms with E-state index in [0.29, 0.717) is 26.2 Å². The summed E-state index contributed by atoms with van der Waals surface area (Å²) >= 11 is 13.7. The van der Waals surface area contributed by atoms with Crippen LogP contribution in [0, 0.1) is 6.92 Å². The third-order valence-electron chi connectivity index (χ3n) is 3.88. The number of imide groups is 1. The molecular formula is C20H17Cl2NO2S. The Hall–Kier alpha value is -1.75. The van der Waals surface area contributed by atoms with Crippen molar-refractivity contribution < 1.29 is 9.59 Å². The van der Waals surface area contributed by atoms with E-state index in [-0.39, 0.29) is 17.1 Å². The summed E-state index contributed by atoms with van der Waals surface area (Å²) in [4.78, 5) is 27.8. The zero-order valence-corrected chi connectivity index (χ0v) is 16.9. The van der Waals surface area contributed by atoms with Crippen molar-refractivity contribution in [3.8, 4) is 0 Å². The minimum atomic E-state index is -0.383. The maximum atomic E-state index is 13.2. The van der Waals surface area contributed by atoms with Crippen molar-refractivity contribution in [1.82, 2.24) is 0 Å². The number of rotatable bonds is 4. The molecule has 3 nitrogen and oxygen atoms in total. The molecule has 0 aromatic heterocycles. The van der Waals surface area contributed by atoms with Crippen LogP contribution in [0.2, 0.25) is 10.0 Å². The number of amides is 2. The smallest absolute Gasteiger partial charge is 0.268 e. The van der Waals surface area contributed by atoms with Crippen LogP contribution in [0.3, 0.4) is 0 Å². The molecule has 26 heavy (non-hydrogen) atoms. The highest BCUT2D eigenvalue weighted by molar-refractivity contribution is 8.04. The summed E-state index contributed by atoms with van der Waals surface area (Å²) < 4.78 is 0. The molecule has 0 N–H and O–H groups in total. The standard InChI is InChI=1S/C20H17Cl2NO2S/c1-11(2)26-18-17(13-6-4-12(3)5-7-13)19(24)23(20(18)25)16-10-14(21)8-9-15(16)22/h4-11H,1-3H3. The first-order chi connectivity index (χ1) is 12.3. The lowest BCUT2D eigenvalue weighted by Crippen LogP contribution is -2.31. The molecule has 0 aliphatic carbocycles. The topological polar surface area (TPSA) is 37.4 Å². The highest BCUT2D eigenvalue weighted by Gasteiger charge is 2.41. The molecule has 3 rings (SSSR count). The van der Waals surface area contributed by atoms with Gasteiger partial charge in [-0.3, -0.25) is 9.59 Å². The number of thioether (sulfide) groups is 1. The van der Waals surface area contributed by atoms with Gasteiger partial charge in [0.1, 0.15) is 0 Å². The molecule has 2 amide bonds. The molecule has 0 unspecified atom stereocenters. The Labute approximate surface area is 167 Å². The van der Waals surface area contributed by atoms with Crippen molar-refractivity contribution in [2.24, 2.45) is 0 Å². The van der Waals surface area contributed by atoms with E-state index in [0.717, 1.165) is 16.0 Å². The van der Waals surface area contributed by atoms with Gasteiger partial charge in [-0.25, -0.2) is 4.90 Å². The number of hydrogen-bond acceptors (Lipinski definition) is 3. The number of carbonyl (C=O) groups excluding carboxylic acids is 2. The summed E-state index contributed by atoms with van der Waals surface area (Å²) in [6.07, 6.45) is 0. The van der Waals surface area contributed by atoms with E-state index in [9.17, 15) is 9.59 Å². The van der Waals surface area contributed by atoms with Gasteiger partial charge >= 0.3 is 0 Å². The molecule has 0 fully saturated rings. The highest BCUT2D eigenvalue weighted by atomic mass is 35.5. The van der Waals surface area contributed by atoms with Crippen molar-refractivity contribution in [3.05, 3.63) is 68.5 Å². The van der Waals surface area contributed by atoms with Crippen molar-refractivity contribution in [3.63, 3.8) is 0 Å². The normalized spacial score (nSPS) is 14.8. The first-order valence-electron chi connectivity index (χ1n) is 8.11. The highest BCUT2D eigenvalue weighted by Crippen LogP contribution is 2.42. The third-order valence-corrected chi connectivity index (χ3v) is 5.52. The van der Waals surface area contributed by atoms with Crippen LogP contribution in [0.1, 0.15) is 25.0 Å². The summed E-state index contributed by atoms with van der Waals surface area (Å²) in [5.41, 5.74) is 2.51. The van der Waals surface area contributed by atoms with Gasteiger partial charge in [-0.2, -0.15) is 0 Å². The Morgan fingerprint density at radius 2 is 1.62 bits per heavy atom. The van der Waals surface area contributed by atoms with E-state index in [1.807, 2.05) is 45.0 Å². The second kappa shape index (κ2) is 7.47. The Bertz CT molecular complexity index is 920. The first-order valence-corrected chi connectivity index (χ1v) is 9.75. The molecule has 0 atom stereocenters. The summed E-state index contributed by atoms with van der Waals surface area (Å²) in [6.45, 7) is 5.94. The molecule has 0 saturated heterocycles. The number of carbonyl (C=O) groups is 2. The van der Waals surface area contributed by atoms with Crippen LogP contribution in [-0.2, 0) is 9.59 Å². The van der Waals surface area contributed by atoms with Crippen LogP contribution in [0.5, 0.6) is 0 Å². The van der Waals surface area contributed by atoms with Gasteiger partial charge in [-0.05, 0) is 30.7 Å². The Morgan fingerprint density at radius 3 is 2.23 bits per heavy atom. The molecule has 0 radical (unpaired) electrons. The molecule has 6 heteroatoms. The predicted octanol–water partition coefficient (Wildman–Crippen LogP) is 5.73. The van der Waals surface area contributed by atoms with Crippen LogP contribution in [0.4, 0.5) is 5.69 Å². The van der Waals surface area contributed by atoms with Crippen molar-refractivity contribution >= 4 is 58.0 Å². The van der Waals surface area contributed by atoms with Gasteiger partial charge in [-0.15, -0.1) is 11.8 Å². The summed E-state index contributed by atoms with van der Waals surface area (Å²) in [6, 6.07) is 12.3. The number of benzene rings is 2. The first kappa shape index (κ1) is 19.0. The lowest BCUT2D eigenvalue weighted by atomic mass is 10.0. The van der Waals surface area contributed by atoms with E-state index >= 15 is 0 Å². The van der Waals surface area contributed by atoms with Crippen LogP contribution in [0.15, 0.2) is 47.4 Å². The van der Waals surface area contributed by atoms with Gasteiger partial charge in [-0.1, -0.05) is 66.9 Å². The molecule has 134 valence electrons. The maximum Gasteiger partial charge on any atom is 0.272 e. The number of aryl methyl sites for hydroxylation is 1. The maximum absolute atomic E-state index is 13.2. The molecule has 2 aromatic rings. The minimum absolute atomic E-state index is 0.150. The van der Waals surface area contributed by atoms with Crippen molar-refractivity contribution in [2.75, 3.05) is 4.90 Å². The molecule has 1 heterocycles. The summed E-state index contributed by atoms with van der Waals surface area (Å²) in [5.74, 6) is -0.750. The largest absolute Gasteiger partial charge is 0.272 e. The van der Waals surface area contributed by atoms with Gasteiger partial charge < -0.3 is 0 Å². The van der Waals surface area contributed by atoms with Crippen molar-refractivity contribution in [1.29, 1.82) is 0 Å². The van der Waals surface area contributed by atoms with Gasteiger partial charge in [0.2, 0.25) is 0 Å². The number of nitrogens with zero attached hydrogens (tertiary/aromatic N) is 1. The zero-order valence-electron chi connectivity index (χ0n) is 14.5. The van der Waals surface area contributed by atoms with E-state index in [4.69, 9.17) is 23.2 Å².